The molecule has 0 radical (unpaired) electrons. The molecule has 4 aromatic carbocycles. The van der Waals surface area contributed by atoms with Crippen molar-refractivity contribution in [1.29, 1.82) is 0 Å². The van der Waals surface area contributed by atoms with Crippen LogP contribution in [-0.4, -0.2) is 33.6 Å². The molecule has 0 saturated carbocycles. The van der Waals surface area contributed by atoms with Gasteiger partial charge in [-0.25, -0.2) is 9.97 Å². The summed E-state index contributed by atoms with van der Waals surface area (Å²) in [4.78, 5) is 56.2. The van der Waals surface area contributed by atoms with Crippen LogP contribution in [0.4, 0.5) is 22.7 Å². The number of nitrogens with one attached hydrogen (secondary N) is 4. The van der Waals surface area contributed by atoms with Gasteiger partial charge in [-0.05, 0) is 95.1 Å². The average molecular weight is 717 g/mol. The highest BCUT2D eigenvalue weighted by Gasteiger charge is 2.09. The van der Waals surface area contributed by atoms with Crippen LogP contribution < -0.4 is 21.3 Å². The van der Waals surface area contributed by atoms with Crippen molar-refractivity contribution in [3.8, 4) is 0 Å². The molecule has 5 rings (SSSR count). The molecule has 0 fully saturated rings. The monoisotopic (exact) mass is 716 g/mol. The molecule has 10 nitrogen and oxygen atoms in total. The molecule has 4 N–H and O–H groups in total. The number of carbonyl (C=O) groups is 4. The van der Waals surface area contributed by atoms with E-state index in [1.807, 2.05) is 146 Å². The number of hydrogen-bond acceptors (Lipinski definition) is 6. The summed E-state index contributed by atoms with van der Waals surface area (Å²) in [5, 5.41) is 11.1. The van der Waals surface area contributed by atoms with Gasteiger partial charge in [0, 0.05) is 50.4 Å². The minimum Gasteiger partial charge on any atom is -0.326 e. The minimum absolute atomic E-state index is 0.143. The number of aromatic nitrogens is 2. The molecular formula is C44H40N6O4. The molecule has 0 bridgehead atoms. The van der Waals surface area contributed by atoms with E-state index in [4.69, 9.17) is 9.97 Å². The first-order valence-corrected chi connectivity index (χ1v) is 17.1. The standard InChI is InChI=1S/C44H40N6O4/c1-29(51)45-37-17-5-33(6-18-37)13-25-41-42(26-14-34-7-19-38(20-8-34)46-30(2)52)50-44(28-16-36-11-23-40(24-12-36)48-32(4)54)43(49-41)27-15-35-9-21-39(22-10-35)47-31(3)53/h5-28H,1-4H3,(H,45,51)(H,46,52)(H,47,53)(H,48,54)/b25-13+,26-14+,27-15+,28-16+. The molecule has 10 heteroatoms. The van der Waals surface area contributed by atoms with E-state index in [0.29, 0.717) is 45.5 Å². The lowest BCUT2D eigenvalue weighted by Crippen LogP contribution is -2.05. The van der Waals surface area contributed by atoms with Crippen molar-refractivity contribution < 1.29 is 19.2 Å². The molecular weight excluding hydrogens is 677 g/mol. The zero-order valence-electron chi connectivity index (χ0n) is 30.4. The molecule has 0 spiro atoms. The molecule has 1 aromatic heterocycles. The second kappa shape index (κ2) is 18.3. The molecule has 0 aliphatic heterocycles. The zero-order chi connectivity index (χ0) is 38.5. The van der Waals surface area contributed by atoms with Crippen molar-refractivity contribution in [1.82, 2.24) is 9.97 Å². The van der Waals surface area contributed by atoms with Gasteiger partial charge in [-0.3, -0.25) is 19.2 Å². The van der Waals surface area contributed by atoms with Gasteiger partial charge in [-0.1, -0.05) is 72.8 Å². The largest absolute Gasteiger partial charge is 0.326 e. The summed E-state index contributed by atoms with van der Waals surface area (Å²) in [5.74, 6) is -0.574. The van der Waals surface area contributed by atoms with Gasteiger partial charge < -0.3 is 21.3 Å². The maximum absolute atomic E-state index is 11.5. The van der Waals surface area contributed by atoms with E-state index >= 15 is 0 Å². The highest BCUT2D eigenvalue weighted by atomic mass is 16.2. The summed E-state index contributed by atoms with van der Waals surface area (Å²) in [6.07, 6.45) is 15.3. The Labute approximate surface area is 314 Å². The van der Waals surface area contributed by atoms with Gasteiger partial charge in [-0.2, -0.15) is 0 Å². The van der Waals surface area contributed by atoms with Crippen molar-refractivity contribution in [2.75, 3.05) is 21.3 Å². The summed E-state index contributed by atoms with van der Waals surface area (Å²) in [5.41, 5.74) is 8.86. The Morgan fingerprint density at radius 1 is 0.333 bits per heavy atom. The van der Waals surface area contributed by atoms with Crippen molar-refractivity contribution >= 4 is 95.0 Å². The first-order valence-electron chi connectivity index (χ1n) is 17.1. The van der Waals surface area contributed by atoms with Crippen molar-refractivity contribution in [2.24, 2.45) is 0 Å². The number of amides is 4. The molecule has 0 aliphatic rings. The summed E-state index contributed by atoms with van der Waals surface area (Å²) < 4.78 is 0. The van der Waals surface area contributed by atoms with Gasteiger partial charge in [0.1, 0.15) is 0 Å². The van der Waals surface area contributed by atoms with Crippen LogP contribution in [0.3, 0.4) is 0 Å². The van der Waals surface area contributed by atoms with Crippen LogP contribution in [0.25, 0.3) is 48.6 Å². The Bertz CT molecular complexity index is 1930. The lowest BCUT2D eigenvalue weighted by Gasteiger charge is -2.08. The summed E-state index contributed by atoms with van der Waals surface area (Å²) >= 11 is 0. The third kappa shape index (κ3) is 12.0. The Morgan fingerprint density at radius 2 is 0.519 bits per heavy atom. The Balaban J connectivity index is 1.57. The highest BCUT2D eigenvalue weighted by Crippen LogP contribution is 2.22. The number of hydrogen-bond donors (Lipinski definition) is 4. The van der Waals surface area contributed by atoms with Gasteiger partial charge in [0.2, 0.25) is 23.6 Å². The number of carbonyl (C=O) groups excluding carboxylic acids is 4. The van der Waals surface area contributed by atoms with Crippen LogP contribution in [0.5, 0.6) is 0 Å². The summed E-state index contributed by atoms with van der Waals surface area (Å²) in [6, 6.07) is 29.9. The van der Waals surface area contributed by atoms with E-state index in [1.165, 1.54) is 27.7 Å². The van der Waals surface area contributed by atoms with E-state index < -0.39 is 0 Å². The third-order valence-corrected chi connectivity index (χ3v) is 7.67. The van der Waals surface area contributed by atoms with Crippen molar-refractivity contribution in [3.05, 3.63) is 142 Å². The molecule has 1 heterocycles. The van der Waals surface area contributed by atoms with Crippen LogP contribution in [0.2, 0.25) is 0 Å². The second-order valence-electron chi connectivity index (χ2n) is 12.3. The van der Waals surface area contributed by atoms with Crippen molar-refractivity contribution in [3.63, 3.8) is 0 Å². The molecule has 4 amide bonds. The van der Waals surface area contributed by atoms with Crippen LogP contribution in [-0.2, 0) is 19.2 Å². The number of anilines is 4. The van der Waals surface area contributed by atoms with Crippen molar-refractivity contribution in [2.45, 2.75) is 27.7 Å². The molecule has 54 heavy (non-hydrogen) atoms. The Hall–Kier alpha value is -7.20. The summed E-state index contributed by atoms with van der Waals surface area (Å²) in [7, 11) is 0. The van der Waals surface area contributed by atoms with Gasteiger partial charge >= 0.3 is 0 Å². The summed E-state index contributed by atoms with van der Waals surface area (Å²) in [6.45, 7) is 5.87. The first-order chi connectivity index (χ1) is 26.0. The van der Waals surface area contributed by atoms with Crippen LogP contribution in [0.1, 0.15) is 72.7 Å². The van der Waals surface area contributed by atoms with Gasteiger partial charge in [0.25, 0.3) is 0 Å². The molecule has 0 unspecified atom stereocenters. The molecule has 0 saturated heterocycles. The molecule has 270 valence electrons. The molecule has 5 aromatic rings. The lowest BCUT2D eigenvalue weighted by atomic mass is 10.1. The second-order valence-corrected chi connectivity index (χ2v) is 12.3. The topological polar surface area (TPSA) is 142 Å². The SMILES string of the molecule is CC(=O)Nc1ccc(/C=C/c2nc(/C=C/c3ccc(NC(C)=O)cc3)c(/C=C/c3ccc(NC(C)=O)cc3)nc2/C=C/c2ccc(NC(C)=O)cc2)cc1. The van der Waals surface area contributed by atoms with Crippen LogP contribution >= 0.6 is 0 Å². The first kappa shape index (κ1) is 38.0. The quantitative estimate of drug-likeness (QED) is 0.102. The highest BCUT2D eigenvalue weighted by molar-refractivity contribution is 5.91. The van der Waals surface area contributed by atoms with Gasteiger partial charge in [-0.15, -0.1) is 0 Å². The third-order valence-electron chi connectivity index (χ3n) is 7.67. The fraction of sp³-hybridized carbons (Fsp3) is 0.0909. The average Bonchev–Trinajstić information content (AvgIpc) is 3.13. The predicted molar refractivity (Wildman–Crippen MR) is 221 cm³/mol. The maximum Gasteiger partial charge on any atom is 0.221 e. The fourth-order valence-corrected chi connectivity index (χ4v) is 5.20. The van der Waals surface area contributed by atoms with E-state index in [-0.39, 0.29) is 23.6 Å². The van der Waals surface area contributed by atoms with E-state index in [2.05, 4.69) is 21.3 Å². The fourth-order valence-electron chi connectivity index (χ4n) is 5.20. The van der Waals surface area contributed by atoms with Gasteiger partial charge in [0.05, 0.1) is 22.8 Å². The van der Waals surface area contributed by atoms with E-state index in [1.54, 1.807) is 0 Å². The Kier molecular flexibility index (Phi) is 12.9. The number of rotatable bonds is 12. The zero-order valence-corrected chi connectivity index (χ0v) is 30.4. The molecule has 0 atom stereocenters. The lowest BCUT2D eigenvalue weighted by molar-refractivity contribution is -0.115. The van der Waals surface area contributed by atoms with Gasteiger partial charge in [0.15, 0.2) is 0 Å². The maximum atomic E-state index is 11.5. The Morgan fingerprint density at radius 3 is 0.685 bits per heavy atom. The molecule has 0 aliphatic carbocycles. The normalized spacial score (nSPS) is 11.3. The number of nitrogens with zero attached hydrogens (tertiary/aromatic N) is 2. The number of benzene rings is 4. The van der Waals surface area contributed by atoms with E-state index in [9.17, 15) is 19.2 Å². The smallest absolute Gasteiger partial charge is 0.221 e. The van der Waals surface area contributed by atoms with E-state index in [0.717, 1.165) is 22.3 Å². The minimum atomic E-state index is -0.143. The van der Waals surface area contributed by atoms with Crippen LogP contribution in [0, 0.1) is 0 Å². The van der Waals surface area contributed by atoms with Crippen LogP contribution in [0.15, 0.2) is 97.1 Å². The predicted octanol–water partition coefficient (Wildman–Crippen LogP) is 8.99.